The first-order valence-corrected chi connectivity index (χ1v) is 11.8. The van der Waals surface area contributed by atoms with Gasteiger partial charge in [-0.05, 0) is 28.8 Å². The minimum atomic E-state index is -1.19. The molecule has 2 unspecified atom stereocenters. The van der Waals surface area contributed by atoms with Crippen LogP contribution in [-0.4, -0.2) is 32.8 Å². The van der Waals surface area contributed by atoms with Crippen molar-refractivity contribution in [2.24, 2.45) is 4.99 Å². The summed E-state index contributed by atoms with van der Waals surface area (Å²) in [5.74, 6) is 0.930. The second kappa shape index (κ2) is 10.3. The van der Waals surface area contributed by atoms with Crippen LogP contribution in [0.2, 0.25) is 5.02 Å². The van der Waals surface area contributed by atoms with Crippen LogP contribution in [-0.2, 0) is 29.2 Å². The molecule has 1 heterocycles. The van der Waals surface area contributed by atoms with Gasteiger partial charge in [-0.15, -0.1) is 0 Å². The fraction of sp³-hybridized carbons (Fsp3) is 0.167. The maximum Gasteiger partial charge on any atom is 0.222 e. The predicted molar refractivity (Wildman–Crippen MR) is 127 cm³/mol. The highest BCUT2D eigenvalue weighted by Gasteiger charge is 2.20. The second-order valence-corrected chi connectivity index (χ2v) is 8.93. The fourth-order valence-corrected chi connectivity index (χ4v) is 4.35. The topological polar surface area (TPSA) is 114 Å². The Morgan fingerprint density at radius 1 is 1.18 bits per heavy atom. The summed E-state index contributed by atoms with van der Waals surface area (Å²) in [7, 11) is 0. The number of amidine groups is 1. The number of hydrogen-bond donors (Lipinski definition) is 3. The Labute approximate surface area is 199 Å². The Bertz CT molecular complexity index is 1190. The Morgan fingerprint density at radius 2 is 1.97 bits per heavy atom. The lowest BCUT2D eigenvalue weighted by atomic mass is 9.98. The highest BCUT2D eigenvalue weighted by molar-refractivity contribution is 7.90. The van der Waals surface area contributed by atoms with Gasteiger partial charge in [-0.2, -0.15) is 4.72 Å². The van der Waals surface area contributed by atoms with Gasteiger partial charge in [-0.25, -0.2) is 4.99 Å². The zero-order valence-electron chi connectivity index (χ0n) is 17.4. The summed E-state index contributed by atoms with van der Waals surface area (Å²) < 4.78 is 20.0. The molecule has 170 valence electrons. The van der Waals surface area contributed by atoms with E-state index in [4.69, 9.17) is 16.3 Å². The van der Waals surface area contributed by atoms with Crippen molar-refractivity contribution in [3.8, 4) is 11.5 Å². The molecule has 0 saturated carbocycles. The molecule has 0 fully saturated rings. The Hall–Kier alpha value is -3.04. The summed E-state index contributed by atoms with van der Waals surface area (Å²) in [6, 6.07) is 17.8. The van der Waals surface area contributed by atoms with Gasteiger partial charge < -0.3 is 24.3 Å². The van der Waals surface area contributed by atoms with Crippen LogP contribution in [0.5, 0.6) is 11.5 Å². The number of rotatable bonds is 8. The number of aliphatic imine (C=N–C) groups is 1. The van der Waals surface area contributed by atoms with Crippen molar-refractivity contribution >= 4 is 35.1 Å². The fourth-order valence-electron chi connectivity index (χ4n) is 3.40. The summed E-state index contributed by atoms with van der Waals surface area (Å²) in [4.78, 5) is 14.9. The number of aliphatic hydroxyl groups is 1. The third-order valence-electron chi connectivity index (χ3n) is 5.18. The van der Waals surface area contributed by atoms with Crippen LogP contribution in [0.4, 0.5) is 0 Å². The van der Waals surface area contributed by atoms with Crippen molar-refractivity contribution in [3.63, 3.8) is 0 Å². The smallest absolute Gasteiger partial charge is 0.222 e. The number of halogens is 1. The first-order chi connectivity index (χ1) is 16.0. The van der Waals surface area contributed by atoms with Gasteiger partial charge >= 0.3 is 0 Å². The lowest BCUT2D eigenvalue weighted by Crippen LogP contribution is -2.25. The minimum absolute atomic E-state index is 0.0615. The van der Waals surface area contributed by atoms with Crippen molar-refractivity contribution in [2.45, 2.75) is 19.1 Å². The normalized spacial score (nSPS) is 16.1. The molecule has 7 nitrogen and oxygen atoms in total. The standard InChI is InChI=1S/C24H21ClN2O5S/c25-21-20(9-8-17(10-11-28)23(21)30)32-13-15-4-6-16(7-5-15)22(29)18-2-1-3-19(12-18)24-26-14-33(31)27-24/h1-9,11-12,22,29-30H,10,13-14H2,(H,26,27). The lowest BCUT2D eigenvalue weighted by molar-refractivity contribution is -0.107. The van der Waals surface area contributed by atoms with Crippen LogP contribution in [0, 0.1) is 0 Å². The number of aldehydes is 1. The summed E-state index contributed by atoms with van der Waals surface area (Å²) in [6.07, 6.45) is -0.0767. The third kappa shape index (κ3) is 5.31. The molecule has 3 N–H and O–H groups in total. The maximum atomic E-state index is 11.5. The molecule has 0 saturated heterocycles. The minimum Gasteiger partial charge on any atom is -0.591 e. The van der Waals surface area contributed by atoms with Crippen molar-refractivity contribution in [2.75, 3.05) is 5.88 Å². The zero-order valence-corrected chi connectivity index (χ0v) is 19.0. The highest BCUT2D eigenvalue weighted by Crippen LogP contribution is 2.36. The molecule has 0 aliphatic carbocycles. The Kier molecular flexibility index (Phi) is 7.20. The molecule has 0 aromatic heterocycles. The number of phenolic OH excluding ortho intramolecular Hbond substituents is 1. The first kappa shape index (κ1) is 23.1. The van der Waals surface area contributed by atoms with Crippen molar-refractivity contribution in [1.82, 2.24) is 4.72 Å². The number of carbonyl (C=O) groups is 1. The number of benzene rings is 3. The number of carbonyl (C=O) groups excluding carboxylic acids is 1. The molecular weight excluding hydrogens is 464 g/mol. The van der Waals surface area contributed by atoms with Gasteiger partial charge in [0.1, 0.15) is 35.5 Å². The summed E-state index contributed by atoms with van der Waals surface area (Å²) >= 11 is 4.95. The summed E-state index contributed by atoms with van der Waals surface area (Å²) in [6.45, 7) is 0.209. The number of nitrogens with zero attached hydrogens (tertiary/aromatic N) is 1. The zero-order chi connectivity index (χ0) is 23.4. The summed E-state index contributed by atoms with van der Waals surface area (Å²) in [5, 5.41) is 21.0. The maximum absolute atomic E-state index is 11.5. The number of aromatic hydroxyl groups is 1. The molecule has 4 rings (SSSR count). The van der Waals surface area contributed by atoms with Gasteiger partial charge in [0.25, 0.3) is 0 Å². The van der Waals surface area contributed by atoms with E-state index >= 15 is 0 Å². The summed E-state index contributed by atoms with van der Waals surface area (Å²) in [5.41, 5.74) is 3.45. The van der Waals surface area contributed by atoms with E-state index in [0.717, 1.165) is 11.1 Å². The van der Waals surface area contributed by atoms with Crippen LogP contribution in [0.15, 0.2) is 65.7 Å². The van der Waals surface area contributed by atoms with E-state index < -0.39 is 17.5 Å². The van der Waals surface area contributed by atoms with E-state index in [-0.39, 0.29) is 29.7 Å². The van der Waals surface area contributed by atoms with Crippen molar-refractivity contribution in [1.29, 1.82) is 0 Å². The number of hydrogen-bond acceptors (Lipinski definition) is 7. The van der Waals surface area contributed by atoms with Crippen LogP contribution < -0.4 is 9.46 Å². The van der Waals surface area contributed by atoms with Crippen LogP contribution in [0.3, 0.4) is 0 Å². The average Bonchev–Trinajstić information content (AvgIpc) is 3.28. The monoisotopic (exact) mass is 484 g/mol. The quantitative estimate of drug-likeness (QED) is 0.333. The van der Waals surface area contributed by atoms with Crippen LogP contribution in [0.25, 0.3) is 0 Å². The van der Waals surface area contributed by atoms with Crippen LogP contribution >= 0.6 is 11.6 Å². The van der Waals surface area contributed by atoms with E-state index in [9.17, 15) is 19.6 Å². The van der Waals surface area contributed by atoms with Crippen molar-refractivity contribution < 1.29 is 24.3 Å². The van der Waals surface area contributed by atoms with Gasteiger partial charge in [0.05, 0.1) is 11.4 Å². The third-order valence-corrected chi connectivity index (χ3v) is 6.33. The lowest BCUT2D eigenvalue weighted by Gasteiger charge is -2.14. The number of phenols is 1. The van der Waals surface area contributed by atoms with E-state index in [2.05, 4.69) is 9.71 Å². The molecule has 2 atom stereocenters. The Balaban J connectivity index is 1.42. The van der Waals surface area contributed by atoms with E-state index in [1.54, 1.807) is 12.1 Å². The molecule has 0 bridgehead atoms. The van der Waals surface area contributed by atoms with Gasteiger partial charge in [-0.1, -0.05) is 60.1 Å². The molecule has 0 spiro atoms. The van der Waals surface area contributed by atoms with E-state index in [0.29, 0.717) is 34.6 Å². The molecule has 3 aromatic carbocycles. The molecule has 0 radical (unpaired) electrons. The highest BCUT2D eigenvalue weighted by atomic mass is 35.5. The number of ether oxygens (including phenoxy) is 1. The molecule has 1 aliphatic rings. The van der Waals surface area contributed by atoms with Gasteiger partial charge in [0.2, 0.25) is 5.88 Å². The number of aliphatic hydroxyl groups excluding tert-OH is 1. The Morgan fingerprint density at radius 3 is 2.67 bits per heavy atom. The largest absolute Gasteiger partial charge is 0.591 e. The first-order valence-electron chi connectivity index (χ1n) is 10.1. The van der Waals surface area contributed by atoms with Crippen molar-refractivity contribution in [3.05, 3.63) is 93.5 Å². The molecule has 1 aliphatic heterocycles. The number of nitrogens with one attached hydrogen (secondary N) is 1. The molecule has 33 heavy (non-hydrogen) atoms. The van der Waals surface area contributed by atoms with Gasteiger partial charge in [0, 0.05) is 17.5 Å². The van der Waals surface area contributed by atoms with Gasteiger partial charge in [-0.3, -0.25) is 0 Å². The molecular formula is C24H21ClN2O5S. The average molecular weight is 485 g/mol. The molecule has 9 heteroatoms. The molecule has 3 aromatic rings. The SMILES string of the molecule is O=CCc1ccc(OCc2ccc(C(O)c3cccc(C4=NC[S+]([O-])N4)c3)cc2)c(Cl)c1O. The molecule has 0 amide bonds. The van der Waals surface area contributed by atoms with E-state index in [1.165, 1.54) is 0 Å². The van der Waals surface area contributed by atoms with Gasteiger partial charge in [0.15, 0.2) is 5.84 Å². The van der Waals surface area contributed by atoms with E-state index in [1.807, 2.05) is 48.5 Å². The second-order valence-electron chi connectivity index (χ2n) is 7.40. The van der Waals surface area contributed by atoms with Crippen LogP contribution in [0.1, 0.15) is 33.9 Å². The predicted octanol–water partition coefficient (Wildman–Crippen LogP) is 3.42.